The second-order valence-electron chi connectivity index (χ2n) is 3.19. The molecule has 1 rings (SSSR count). The molecule has 0 aliphatic carbocycles. The molecule has 0 bridgehead atoms. The van der Waals surface area contributed by atoms with Crippen molar-refractivity contribution in [3.05, 3.63) is 22.7 Å². The molecule has 0 spiro atoms. The maximum Gasteiger partial charge on any atom is 0.341 e. The molecule has 0 unspecified atom stereocenters. The first-order valence-electron chi connectivity index (χ1n) is 5.06. The Morgan fingerprint density at radius 3 is 2.78 bits per heavy atom. The smallest absolute Gasteiger partial charge is 0.341 e. The lowest BCUT2D eigenvalue weighted by atomic mass is 10.2. The Morgan fingerprint density at radius 2 is 2.22 bits per heavy atom. The lowest BCUT2D eigenvalue weighted by Crippen LogP contribution is -2.11. The van der Waals surface area contributed by atoms with Gasteiger partial charge in [-0.15, -0.1) is 0 Å². The molecule has 0 fully saturated rings. The summed E-state index contributed by atoms with van der Waals surface area (Å²) in [7, 11) is 0. The highest BCUT2D eigenvalue weighted by Crippen LogP contribution is 2.36. The van der Waals surface area contributed by atoms with E-state index in [0.29, 0.717) is 17.9 Å². The molecule has 0 heterocycles. The van der Waals surface area contributed by atoms with Crippen LogP contribution in [0.1, 0.15) is 12.5 Å². The van der Waals surface area contributed by atoms with E-state index >= 15 is 0 Å². The van der Waals surface area contributed by atoms with Crippen molar-refractivity contribution in [1.82, 2.24) is 0 Å². The average Bonchev–Trinajstić information content (AvgIpc) is 2.28. The first-order chi connectivity index (χ1) is 8.58. The van der Waals surface area contributed by atoms with E-state index in [1.165, 1.54) is 18.3 Å². The molecular formula is C11H12ClNO5. The summed E-state index contributed by atoms with van der Waals surface area (Å²) in [5.41, 5.74) is 0.508. The van der Waals surface area contributed by atoms with E-state index in [2.05, 4.69) is 5.16 Å². The molecule has 0 saturated carbocycles. The van der Waals surface area contributed by atoms with Crippen LogP contribution in [0.4, 0.5) is 0 Å². The van der Waals surface area contributed by atoms with Crippen molar-refractivity contribution in [3.8, 4) is 11.5 Å². The van der Waals surface area contributed by atoms with Gasteiger partial charge in [0.05, 0.1) is 17.8 Å². The molecule has 0 saturated heterocycles. The summed E-state index contributed by atoms with van der Waals surface area (Å²) in [5, 5.41) is 20.1. The van der Waals surface area contributed by atoms with Crippen LogP contribution in [0.25, 0.3) is 0 Å². The minimum atomic E-state index is -1.12. The molecule has 0 radical (unpaired) electrons. The van der Waals surface area contributed by atoms with E-state index in [0.717, 1.165) is 0 Å². The molecule has 0 aliphatic heterocycles. The molecule has 98 valence electrons. The van der Waals surface area contributed by atoms with Gasteiger partial charge < -0.3 is 19.8 Å². The Bertz CT molecular complexity index is 461. The zero-order chi connectivity index (χ0) is 13.5. The third-order valence-corrected chi connectivity index (χ3v) is 2.16. The third-order valence-electron chi connectivity index (χ3n) is 1.88. The number of carbonyl (C=O) groups is 1. The van der Waals surface area contributed by atoms with Crippen molar-refractivity contribution in [1.29, 1.82) is 0 Å². The van der Waals surface area contributed by atoms with Gasteiger partial charge in [-0.25, -0.2) is 4.79 Å². The van der Waals surface area contributed by atoms with E-state index in [1.54, 1.807) is 6.92 Å². The van der Waals surface area contributed by atoms with Crippen LogP contribution in [0, 0.1) is 0 Å². The van der Waals surface area contributed by atoms with Gasteiger partial charge in [-0.2, -0.15) is 0 Å². The fourth-order valence-corrected chi connectivity index (χ4v) is 1.54. The molecule has 0 atom stereocenters. The van der Waals surface area contributed by atoms with E-state index in [1.807, 2.05) is 0 Å². The van der Waals surface area contributed by atoms with Crippen LogP contribution in [0.2, 0.25) is 5.02 Å². The highest BCUT2D eigenvalue weighted by Gasteiger charge is 2.13. The van der Waals surface area contributed by atoms with Crippen molar-refractivity contribution in [2.24, 2.45) is 5.16 Å². The van der Waals surface area contributed by atoms with Gasteiger partial charge in [0.1, 0.15) is 0 Å². The van der Waals surface area contributed by atoms with Crippen molar-refractivity contribution in [2.75, 3.05) is 13.2 Å². The van der Waals surface area contributed by atoms with Gasteiger partial charge in [0.2, 0.25) is 0 Å². The van der Waals surface area contributed by atoms with Gasteiger partial charge in [0.15, 0.2) is 18.1 Å². The summed E-state index contributed by atoms with van der Waals surface area (Å²) in [6.07, 6.45) is 1.18. The molecule has 1 aromatic rings. The standard InChI is InChI=1S/C11H12ClNO5/c1-2-17-9-4-7(5-13-16)3-8(12)11(9)18-6-10(14)15/h3-5,16H,2,6H2,1H3,(H,14,15)/b13-5+. The number of aliphatic carboxylic acids is 1. The topological polar surface area (TPSA) is 88.4 Å². The van der Waals surface area contributed by atoms with Crippen LogP contribution in [0.5, 0.6) is 11.5 Å². The monoisotopic (exact) mass is 273 g/mol. The molecule has 7 heteroatoms. The summed E-state index contributed by atoms with van der Waals surface area (Å²) in [5.74, 6) is -0.674. The molecule has 0 aliphatic rings. The number of carboxylic acids is 1. The highest BCUT2D eigenvalue weighted by molar-refractivity contribution is 6.32. The number of benzene rings is 1. The number of oxime groups is 1. The second-order valence-corrected chi connectivity index (χ2v) is 3.60. The number of hydrogen-bond acceptors (Lipinski definition) is 5. The van der Waals surface area contributed by atoms with Crippen LogP contribution in [0.3, 0.4) is 0 Å². The van der Waals surface area contributed by atoms with E-state index < -0.39 is 12.6 Å². The molecule has 6 nitrogen and oxygen atoms in total. The predicted octanol–water partition coefficient (Wildman–Crippen LogP) is 2.01. The van der Waals surface area contributed by atoms with Crippen molar-refractivity contribution < 1.29 is 24.6 Å². The zero-order valence-electron chi connectivity index (χ0n) is 9.59. The fraction of sp³-hybridized carbons (Fsp3) is 0.273. The minimum Gasteiger partial charge on any atom is -0.490 e. The Kier molecular flexibility index (Phi) is 5.26. The summed E-state index contributed by atoms with van der Waals surface area (Å²) in [4.78, 5) is 10.5. The van der Waals surface area contributed by atoms with Crippen LogP contribution in [-0.2, 0) is 4.79 Å². The van der Waals surface area contributed by atoms with Gasteiger partial charge in [-0.3, -0.25) is 0 Å². The molecule has 0 aromatic heterocycles. The lowest BCUT2D eigenvalue weighted by Gasteiger charge is -2.12. The first-order valence-corrected chi connectivity index (χ1v) is 5.44. The third kappa shape index (κ3) is 3.81. The Morgan fingerprint density at radius 1 is 1.50 bits per heavy atom. The van der Waals surface area contributed by atoms with Crippen LogP contribution in [0.15, 0.2) is 17.3 Å². The lowest BCUT2D eigenvalue weighted by molar-refractivity contribution is -0.139. The van der Waals surface area contributed by atoms with Crippen LogP contribution < -0.4 is 9.47 Å². The second kappa shape index (κ2) is 6.70. The number of hydrogen-bond donors (Lipinski definition) is 2. The van der Waals surface area contributed by atoms with Gasteiger partial charge in [-0.1, -0.05) is 16.8 Å². The van der Waals surface area contributed by atoms with Gasteiger partial charge in [0.25, 0.3) is 0 Å². The summed E-state index contributed by atoms with van der Waals surface area (Å²) in [6.45, 7) is 1.61. The van der Waals surface area contributed by atoms with E-state index in [4.69, 9.17) is 31.4 Å². The van der Waals surface area contributed by atoms with E-state index in [9.17, 15) is 4.79 Å². The number of nitrogens with zero attached hydrogens (tertiary/aromatic N) is 1. The summed E-state index contributed by atoms with van der Waals surface area (Å²) >= 11 is 5.95. The largest absolute Gasteiger partial charge is 0.490 e. The Balaban J connectivity index is 3.09. The van der Waals surface area contributed by atoms with Crippen molar-refractivity contribution in [3.63, 3.8) is 0 Å². The van der Waals surface area contributed by atoms with Crippen molar-refractivity contribution >= 4 is 23.8 Å². The molecule has 18 heavy (non-hydrogen) atoms. The normalized spacial score (nSPS) is 10.6. The maximum atomic E-state index is 10.5. The van der Waals surface area contributed by atoms with Crippen LogP contribution in [-0.4, -0.2) is 35.7 Å². The predicted molar refractivity (Wildman–Crippen MR) is 65.1 cm³/mol. The molecule has 0 amide bonds. The Labute approximate surface area is 108 Å². The number of ether oxygens (including phenoxy) is 2. The number of halogens is 1. The first kappa shape index (κ1) is 14.1. The maximum absolute atomic E-state index is 10.5. The Hall–Kier alpha value is -1.95. The van der Waals surface area contributed by atoms with Crippen molar-refractivity contribution in [2.45, 2.75) is 6.92 Å². The van der Waals surface area contributed by atoms with Gasteiger partial charge >= 0.3 is 5.97 Å². The minimum absolute atomic E-state index is 0.149. The van der Waals surface area contributed by atoms with E-state index in [-0.39, 0.29) is 10.8 Å². The fourth-order valence-electron chi connectivity index (χ4n) is 1.27. The molecular weight excluding hydrogens is 262 g/mol. The van der Waals surface area contributed by atoms with Gasteiger partial charge in [-0.05, 0) is 19.1 Å². The number of rotatable bonds is 6. The average molecular weight is 274 g/mol. The summed E-state index contributed by atoms with van der Waals surface area (Å²) in [6, 6.07) is 3.01. The van der Waals surface area contributed by atoms with Crippen LogP contribution >= 0.6 is 11.6 Å². The highest BCUT2D eigenvalue weighted by atomic mass is 35.5. The quantitative estimate of drug-likeness (QED) is 0.470. The molecule has 1 aromatic carbocycles. The molecule has 2 N–H and O–H groups in total. The number of carboxylic acid groups (broad SMARTS) is 1. The van der Waals surface area contributed by atoms with Gasteiger partial charge in [0, 0.05) is 5.56 Å². The SMILES string of the molecule is CCOc1cc(/C=N/O)cc(Cl)c1OCC(=O)O. The zero-order valence-corrected chi connectivity index (χ0v) is 10.3. The summed E-state index contributed by atoms with van der Waals surface area (Å²) < 4.78 is 10.3.